The summed E-state index contributed by atoms with van der Waals surface area (Å²) in [5.41, 5.74) is 7.92. The molecule has 11 heteroatoms. The van der Waals surface area contributed by atoms with Gasteiger partial charge in [0.1, 0.15) is 30.3 Å². The number of nitrogens with one attached hydrogen (secondary N) is 1. The van der Waals surface area contributed by atoms with Crippen molar-refractivity contribution < 1.29 is 27.8 Å². The number of halogens is 2. The number of carbonyl (C=O) groups is 2. The summed E-state index contributed by atoms with van der Waals surface area (Å²) in [6, 6.07) is 6.97. The lowest BCUT2D eigenvalue weighted by Crippen LogP contribution is -2.34. The highest BCUT2D eigenvalue weighted by Gasteiger charge is 2.33. The van der Waals surface area contributed by atoms with Crippen molar-refractivity contribution in [1.29, 1.82) is 0 Å². The van der Waals surface area contributed by atoms with Crippen molar-refractivity contribution in [2.24, 2.45) is 0 Å². The van der Waals surface area contributed by atoms with E-state index in [1.54, 1.807) is 20.0 Å². The maximum Gasteiger partial charge on any atom is 0.258 e. The normalized spacial score (nSPS) is 16.2. The summed E-state index contributed by atoms with van der Waals surface area (Å²) in [5, 5.41) is 2.61. The van der Waals surface area contributed by atoms with Crippen LogP contribution in [-0.2, 0) is 9.53 Å². The van der Waals surface area contributed by atoms with Crippen LogP contribution >= 0.6 is 0 Å². The molecule has 2 aromatic carbocycles. The van der Waals surface area contributed by atoms with Gasteiger partial charge in [-0.15, -0.1) is 0 Å². The molecule has 1 aromatic heterocycles. The van der Waals surface area contributed by atoms with Gasteiger partial charge in [0, 0.05) is 18.3 Å². The predicted octanol–water partition coefficient (Wildman–Crippen LogP) is 3.68. The van der Waals surface area contributed by atoms with Crippen LogP contribution in [0.1, 0.15) is 40.2 Å². The number of nitrogen functional groups attached to an aromatic ring is 1. The molecule has 3 aromatic rings. The lowest BCUT2D eigenvalue weighted by molar-refractivity contribution is -0.131. The number of hydrogen-bond acceptors (Lipinski definition) is 7. The molecule has 2 fully saturated rings. The fourth-order valence-electron chi connectivity index (χ4n) is 4.18. The third kappa shape index (κ3) is 5.42. The first kappa shape index (κ1) is 25.5. The summed E-state index contributed by atoms with van der Waals surface area (Å²) < 4.78 is 40.3. The van der Waals surface area contributed by atoms with Crippen LogP contribution < -0.4 is 15.8 Å². The van der Waals surface area contributed by atoms with Crippen LogP contribution in [0.4, 0.5) is 20.3 Å². The maximum absolute atomic E-state index is 14.7. The van der Waals surface area contributed by atoms with Crippen molar-refractivity contribution in [3.8, 4) is 17.0 Å². The fraction of sp³-hybridized carbons (Fsp3) is 0.333. The van der Waals surface area contributed by atoms with Crippen LogP contribution in [0.15, 0.2) is 36.7 Å². The van der Waals surface area contributed by atoms with Gasteiger partial charge in [-0.1, -0.05) is 6.07 Å². The molecule has 1 saturated carbocycles. The van der Waals surface area contributed by atoms with E-state index in [1.807, 2.05) is 0 Å². The number of epoxide rings is 1. The fourth-order valence-corrected chi connectivity index (χ4v) is 4.18. The number of nitrogens with two attached hydrogens (primary N) is 1. The molecule has 1 aliphatic heterocycles. The van der Waals surface area contributed by atoms with E-state index < -0.39 is 23.6 Å². The minimum absolute atomic E-state index is 0.0292. The molecule has 1 unspecified atom stereocenters. The van der Waals surface area contributed by atoms with Crippen molar-refractivity contribution in [2.75, 3.05) is 37.9 Å². The SMILES string of the molecule is Cc1c(NC(=O)c2ccc(C3CC3)cc2F)cc(F)cc1-c1ncnc(N)c1OCCN(C)C(=O)C1CO1. The highest BCUT2D eigenvalue weighted by molar-refractivity contribution is 6.05. The van der Waals surface area contributed by atoms with Crippen LogP contribution in [-0.4, -0.2) is 59.6 Å². The van der Waals surface area contributed by atoms with Crippen LogP contribution in [0.25, 0.3) is 11.3 Å². The summed E-state index contributed by atoms with van der Waals surface area (Å²) in [6.45, 7) is 2.40. The number of amides is 2. The zero-order chi connectivity index (χ0) is 27.0. The van der Waals surface area contributed by atoms with Gasteiger partial charge < -0.3 is 25.4 Å². The Labute approximate surface area is 218 Å². The first-order valence-corrected chi connectivity index (χ1v) is 12.2. The van der Waals surface area contributed by atoms with Gasteiger partial charge in [-0.3, -0.25) is 9.59 Å². The van der Waals surface area contributed by atoms with Gasteiger partial charge in [-0.25, -0.2) is 18.7 Å². The van der Waals surface area contributed by atoms with E-state index in [0.29, 0.717) is 23.7 Å². The number of benzene rings is 2. The van der Waals surface area contributed by atoms with Gasteiger partial charge in [0.25, 0.3) is 11.8 Å². The number of likely N-dealkylation sites (N-methyl/N-ethyl adjacent to an activating group) is 1. The van der Waals surface area contributed by atoms with E-state index in [1.165, 1.54) is 29.4 Å². The maximum atomic E-state index is 14.7. The molecular formula is C27H27F2N5O4. The first-order chi connectivity index (χ1) is 18.2. The van der Waals surface area contributed by atoms with E-state index in [-0.39, 0.29) is 47.6 Å². The van der Waals surface area contributed by atoms with Crippen molar-refractivity contribution in [1.82, 2.24) is 14.9 Å². The van der Waals surface area contributed by atoms with Crippen molar-refractivity contribution in [2.45, 2.75) is 31.8 Å². The molecule has 1 saturated heterocycles. The Bertz CT molecular complexity index is 1410. The van der Waals surface area contributed by atoms with Crippen LogP contribution in [0, 0.1) is 18.6 Å². The van der Waals surface area contributed by atoms with E-state index >= 15 is 0 Å². The number of aromatic nitrogens is 2. The van der Waals surface area contributed by atoms with Gasteiger partial charge in [-0.2, -0.15) is 0 Å². The predicted molar refractivity (Wildman–Crippen MR) is 136 cm³/mol. The van der Waals surface area contributed by atoms with Crippen LogP contribution in [0.2, 0.25) is 0 Å². The summed E-state index contributed by atoms with van der Waals surface area (Å²) in [5.74, 6) is -1.63. The number of carbonyl (C=O) groups excluding carboxylic acids is 2. The summed E-state index contributed by atoms with van der Waals surface area (Å²) in [7, 11) is 1.63. The van der Waals surface area contributed by atoms with Gasteiger partial charge in [0.05, 0.1) is 18.7 Å². The average molecular weight is 524 g/mol. The molecule has 5 rings (SSSR count). The number of ether oxygens (including phenoxy) is 2. The largest absolute Gasteiger partial charge is 0.486 e. The molecule has 0 bridgehead atoms. The number of anilines is 2. The zero-order valence-electron chi connectivity index (χ0n) is 21.0. The molecular weight excluding hydrogens is 496 g/mol. The highest BCUT2D eigenvalue weighted by atomic mass is 19.1. The standard InChI is InChI=1S/C27H27F2N5O4/c1-14-19(23-24(25(30)32-13-31-23)37-8-7-34(2)27(36)22-12-38-22)10-17(28)11-21(14)33-26(35)18-6-5-16(9-20(18)29)15-3-4-15/h5-6,9-11,13,15,22H,3-4,7-8,12H2,1-2H3,(H,33,35)(H2,30,31,32). The topological polar surface area (TPSA) is 123 Å². The molecule has 2 heterocycles. The third-order valence-corrected chi connectivity index (χ3v) is 6.65. The second kappa shape index (κ2) is 10.3. The Hall–Kier alpha value is -4.12. The van der Waals surface area contributed by atoms with Gasteiger partial charge in [-0.05, 0) is 61.1 Å². The molecule has 1 aliphatic carbocycles. The molecule has 0 spiro atoms. The van der Waals surface area contributed by atoms with E-state index in [9.17, 15) is 18.4 Å². The number of nitrogens with zero attached hydrogens (tertiary/aromatic N) is 3. The van der Waals surface area contributed by atoms with E-state index in [0.717, 1.165) is 24.5 Å². The molecule has 1 atom stereocenters. The van der Waals surface area contributed by atoms with Gasteiger partial charge in [0.15, 0.2) is 17.7 Å². The van der Waals surface area contributed by atoms with E-state index in [2.05, 4.69) is 15.3 Å². The minimum atomic E-state index is -0.699. The number of rotatable bonds is 9. The van der Waals surface area contributed by atoms with Crippen LogP contribution in [0.5, 0.6) is 5.75 Å². The summed E-state index contributed by atoms with van der Waals surface area (Å²) in [4.78, 5) is 34.7. The Kier molecular flexibility index (Phi) is 6.94. The summed E-state index contributed by atoms with van der Waals surface area (Å²) >= 11 is 0. The second-order valence-corrected chi connectivity index (χ2v) is 9.46. The number of hydrogen-bond donors (Lipinski definition) is 2. The molecule has 2 aliphatic rings. The Morgan fingerprint density at radius 1 is 1.21 bits per heavy atom. The third-order valence-electron chi connectivity index (χ3n) is 6.65. The van der Waals surface area contributed by atoms with Crippen molar-refractivity contribution >= 4 is 23.3 Å². The van der Waals surface area contributed by atoms with Crippen molar-refractivity contribution in [3.63, 3.8) is 0 Å². The quantitative estimate of drug-likeness (QED) is 0.410. The monoisotopic (exact) mass is 523 g/mol. The first-order valence-electron chi connectivity index (χ1n) is 12.2. The smallest absolute Gasteiger partial charge is 0.258 e. The molecule has 38 heavy (non-hydrogen) atoms. The van der Waals surface area contributed by atoms with Crippen molar-refractivity contribution in [3.05, 3.63) is 65.0 Å². The molecule has 2 amide bonds. The highest BCUT2D eigenvalue weighted by Crippen LogP contribution is 2.40. The molecule has 9 nitrogen and oxygen atoms in total. The zero-order valence-corrected chi connectivity index (χ0v) is 21.0. The van der Waals surface area contributed by atoms with Gasteiger partial charge >= 0.3 is 0 Å². The van der Waals surface area contributed by atoms with Gasteiger partial charge in [0.2, 0.25) is 0 Å². The minimum Gasteiger partial charge on any atom is -0.486 e. The Morgan fingerprint density at radius 3 is 2.66 bits per heavy atom. The molecule has 3 N–H and O–H groups in total. The Balaban J connectivity index is 1.37. The summed E-state index contributed by atoms with van der Waals surface area (Å²) in [6.07, 6.45) is 2.84. The lowest BCUT2D eigenvalue weighted by Gasteiger charge is -2.19. The van der Waals surface area contributed by atoms with Crippen LogP contribution in [0.3, 0.4) is 0 Å². The molecule has 0 radical (unpaired) electrons. The lowest BCUT2D eigenvalue weighted by atomic mass is 10.0. The average Bonchev–Trinajstić information content (AvgIpc) is 3.79. The van der Waals surface area contributed by atoms with E-state index in [4.69, 9.17) is 15.2 Å². The Morgan fingerprint density at radius 2 is 1.97 bits per heavy atom. The molecule has 198 valence electrons. The second-order valence-electron chi connectivity index (χ2n) is 9.46.